The summed E-state index contributed by atoms with van der Waals surface area (Å²) in [4.78, 5) is 23.1. The lowest BCUT2D eigenvalue weighted by Crippen LogP contribution is -2.30. The Balaban J connectivity index is 1.79. The van der Waals surface area contributed by atoms with Gasteiger partial charge in [-0.2, -0.15) is 0 Å². The van der Waals surface area contributed by atoms with Gasteiger partial charge in [-0.25, -0.2) is 0 Å². The van der Waals surface area contributed by atoms with Crippen LogP contribution in [0.3, 0.4) is 0 Å². The van der Waals surface area contributed by atoms with E-state index in [9.17, 15) is 14.9 Å². The molecule has 1 amide bonds. The first-order chi connectivity index (χ1) is 12.0. The normalized spacial score (nSPS) is 14.6. The summed E-state index contributed by atoms with van der Waals surface area (Å²) < 4.78 is 5.18. The van der Waals surface area contributed by atoms with Gasteiger partial charge in [-0.1, -0.05) is 12.1 Å². The van der Waals surface area contributed by atoms with E-state index in [1.807, 2.05) is 24.3 Å². The monoisotopic (exact) mass is 340 g/mol. The van der Waals surface area contributed by atoms with Crippen molar-refractivity contribution in [3.8, 4) is 5.75 Å². The molecule has 6 nitrogen and oxygen atoms in total. The van der Waals surface area contributed by atoms with Crippen LogP contribution in [0.15, 0.2) is 42.5 Å². The van der Waals surface area contributed by atoms with Crippen LogP contribution in [0.5, 0.6) is 5.75 Å². The van der Waals surface area contributed by atoms with Crippen molar-refractivity contribution in [3.63, 3.8) is 0 Å². The molecule has 6 heteroatoms. The Morgan fingerprint density at radius 1 is 1.24 bits per heavy atom. The van der Waals surface area contributed by atoms with Gasteiger partial charge in [0.2, 0.25) is 0 Å². The zero-order chi connectivity index (χ0) is 18.0. The molecule has 130 valence electrons. The highest BCUT2D eigenvalue weighted by Gasteiger charge is 2.33. The number of aryl methyl sites for hydroxylation is 1. The number of rotatable bonds is 6. The number of nitro groups is 1. The molecule has 1 atom stereocenters. The number of amides is 1. The fourth-order valence-electron chi connectivity index (χ4n) is 2.94. The number of hydrogen-bond donors (Lipinski definition) is 1. The molecule has 2 aromatic carbocycles. The minimum Gasteiger partial charge on any atom is -0.497 e. The number of nitrogens with zero attached hydrogens (tertiary/aromatic N) is 1. The second-order valence-corrected chi connectivity index (χ2v) is 6.32. The van der Waals surface area contributed by atoms with Crippen LogP contribution in [0.4, 0.5) is 5.69 Å². The molecule has 1 aliphatic carbocycles. The minimum atomic E-state index is -0.443. The molecule has 0 aliphatic heterocycles. The average Bonchev–Trinajstić information content (AvgIpc) is 3.44. The van der Waals surface area contributed by atoms with Crippen molar-refractivity contribution in [2.75, 3.05) is 7.11 Å². The molecule has 0 spiro atoms. The van der Waals surface area contributed by atoms with E-state index in [4.69, 9.17) is 4.74 Å². The Kier molecular flexibility index (Phi) is 4.70. The highest BCUT2D eigenvalue weighted by Crippen LogP contribution is 2.41. The SMILES string of the molecule is COc1ccc([C@H](NC(=O)c2ccc([N+](=O)[O-])c(C)c2)C2CC2)cc1. The molecule has 0 bridgehead atoms. The highest BCUT2D eigenvalue weighted by atomic mass is 16.6. The third-order valence-corrected chi connectivity index (χ3v) is 4.51. The molecule has 0 radical (unpaired) electrons. The van der Waals surface area contributed by atoms with E-state index >= 15 is 0 Å². The van der Waals surface area contributed by atoms with E-state index in [0.29, 0.717) is 17.0 Å². The maximum atomic E-state index is 12.6. The van der Waals surface area contributed by atoms with E-state index < -0.39 is 4.92 Å². The summed E-state index contributed by atoms with van der Waals surface area (Å²) in [7, 11) is 1.62. The number of nitro benzene ring substituents is 1. The van der Waals surface area contributed by atoms with Gasteiger partial charge >= 0.3 is 0 Å². The lowest BCUT2D eigenvalue weighted by Gasteiger charge is -2.19. The van der Waals surface area contributed by atoms with Crippen molar-refractivity contribution >= 4 is 11.6 Å². The number of methoxy groups -OCH3 is 1. The topological polar surface area (TPSA) is 81.5 Å². The van der Waals surface area contributed by atoms with Crippen LogP contribution in [0, 0.1) is 23.0 Å². The van der Waals surface area contributed by atoms with Crippen LogP contribution >= 0.6 is 0 Å². The number of carbonyl (C=O) groups is 1. The second kappa shape index (κ2) is 6.93. The predicted octanol–water partition coefficient (Wildman–Crippen LogP) is 3.79. The molecule has 0 aromatic heterocycles. The Labute approximate surface area is 146 Å². The lowest BCUT2D eigenvalue weighted by atomic mass is 10.0. The molecule has 1 saturated carbocycles. The van der Waals surface area contributed by atoms with Gasteiger partial charge in [0.05, 0.1) is 18.1 Å². The Morgan fingerprint density at radius 3 is 2.44 bits per heavy atom. The molecular weight excluding hydrogens is 320 g/mol. The van der Waals surface area contributed by atoms with Crippen LogP contribution < -0.4 is 10.1 Å². The highest BCUT2D eigenvalue weighted by molar-refractivity contribution is 5.95. The summed E-state index contributed by atoms with van der Waals surface area (Å²) in [5, 5.41) is 14.0. The molecule has 1 fully saturated rings. The van der Waals surface area contributed by atoms with Gasteiger partial charge in [-0.15, -0.1) is 0 Å². The molecule has 1 aliphatic rings. The third-order valence-electron chi connectivity index (χ3n) is 4.51. The minimum absolute atomic E-state index is 0.0189. The summed E-state index contributed by atoms with van der Waals surface area (Å²) in [5.41, 5.74) is 1.97. The summed E-state index contributed by atoms with van der Waals surface area (Å²) in [6, 6.07) is 12.1. The van der Waals surface area contributed by atoms with E-state index in [2.05, 4.69) is 5.32 Å². The molecular formula is C19H20N2O4. The smallest absolute Gasteiger partial charge is 0.272 e. The van der Waals surface area contributed by atoms with Crippen molar-refractivity contribution in [2.24, 2.45) is 5.92 Å². The molecule has 3 rings (SSSR count). The maximum Gasteiger partial charge on any atom is 0.272 e. The van der Waals surface area contributed by atoms with Crippen molar-refractivity contribution in [2.45, 2.75) is 25.8 Å². The van der Waals surface area contributed by atoms with Gasteiger partial charge in [-0.3, -0.25) is 14.9 Å². The van der Waals surface area contributed by atoms with Gasteiger partial charge in [0.1, 0.15) is 5.75 Å². The predicted molar refractivity (Wildman–Crippen MR) is 93.8 cm³/mol. The third kappa shape index (κ3) is 3.79. The maximum absolute atomic E-state index is 12.6. The van der Waals surface area contributed by atoms with Crippen molar-refractivity contribution in [1.82, 2.24) is 5.32 Å². The zero-order valence-electron chi connectivity index (χ0n) is 14.2. The van der Waals surface area contributed by atoms with Gasteiger partial charge < -0.3 is 10.1 Å². The first-order valence-corrected chi connectivity index (χ1v) is 8.19. The number of hydrogen-bond acceptors (Lipinski definition) is 4. The average molecular weight is 340 g/mol. The Bertz CT molecular complexity index is 798. The molecule has 0 heterocycles. The van der Waals surface area contributed by atoms with Crippen LogP contribution in [0.25, 0.3) is 0 Å². The largest absolute Gasteiger partial charge is 0.497 e. The van der Waals surface area contributed by atoms with Crippen LogP contribution in [-0.2, 0) is 0 Å². The summed E-state index contributed by atoms with van der Waals surface area (Å²) >= 11 is 0. The Morgan fingerprint density at radius 2 is 1.92 bits per heavy atom. The van der Waals surface area contributed by atoms with Crippen molar-refractivity contribution in [3.05, 3.63) is 69.3 Å². The first-order valence-electron chi connectivity index (χ1n) is 8.19. The standard InChI is InChI=1S/C19H20N2O4/c1-12-11-15(7-10-17(12)21(23)24)19(22)20-18(13-3-4-13)14-5-8-16(25-2)9-6-14/h5-11,13,18H,3-4H2,1-2H3,(H,20,22)/t18-/m1/s1. The second-order valence-electron chi connectivity index (χ2n) is 6.32. The molecule has 25 heavy (non-hydrogen) atoms. The van der Waals surface area contributed by atoms with Crippen molar-refractivity contribution < 1.29 is 14.5 Å². The zero-order valence-corrected chi connectivity index (χ0v) is 14.2. The van der Waals surface area contributed by atoms with E-state index in [0.717, 1.165) is 24.2 Å². The van der Waals surface area contributed by atoms with Gasteiger partial charge in [0.25, 0.3) is 11.6 Å². The fraction of sp³-hybridized carbons (Fsp3) is 0.316. The fourth-order valence-corrected chi connectivity index (χ4v) is 2.94. The van der Waals surface area contributed by atoms with Crippen LogP contribution in [0.2, 0.25) is 0 Å². The molecule has 1 N–H and O–H groups in total. The van der Waals surface area contributed by atoms with Crippen LogP contribution in [0.1, 0.15) is 40.4 Å². The quantitative estimate of drug-likeness (QED) is 0.641. The molecule has 0 unspecified atom stereocenters. The summed E-state index contributed by atoms with van der Waals surface area (Å²) in [6.07, 6.45) is 2.16. The van der Waals surface area contributed by atoms with Gasteiger partial charge in [-0.05, 0) is 55.5 Å². The number of ether oxygens (including phenoxy) is 1. The molecule has 2 aromatic rings. The number of carbonyl (C=O) groups excluding carboxylic acids is 1. The van der Waals surface area contributed by atoms with E-state index in [1.165, 1.54) is 12.1 Å². The van der Waals surface area contributed by atoms with Gasteiger partial charge in [0, 0.05) is 17.2 Å². The lowest BCUT2D eigenvalue weighted by molar-refractivity contribution is -0.385. The first kappa shape index (κ1) is 17.0. The van der Waals surface area contributed by atoms with Gasteiger partial charge in [0.15, 0.2) is 0 Å². The van der Waals surface area contributed by atoms with Crippen molar-refractivity contribution in [1.29, 1.82) is 0 Å². The summed E-state index contributed by atoms with van der Waals surface area (Å²) in [5.74, 6) is 0.984. The summed E-state index contributed by atoms with van der Waals surface area (Å²) in [6.45, 7) is 1.64. The number of benzene rings is 2. The van der Waals surface area contributed by atoms with Crippen LogP contribution in [-0.4, -0.2) is 17.9 Å². The van der Waals surface area contributed by atoms with E-state index in [-0.39, 0.29) is 17.6 Å². The van der Waals surface area contributed by atoms with E-state index in [1.54, 1.807) is 20.1 Å². The Hall–Kier alpha value is -2.89. The number of nitrogens with one attached hydrogen (secondary N) is 1. The molecule has 0 saturated heterocycles.